The highest BCUT2D eigenvalue weighted by atomic mass is 16.5. The number of ether oxygens (including phenoxy) is 1. The smallest absolute Gasteiger partial charge is 0.269 e. The second-order valence-electron chi connectivity index (χ2n) is 8.83. The molecular formula is C22H26N6O3. The van der Waals surface area contributed by atoms with E-state index < -0.39 is 0 Å². The van der Waals surface area contributed by atoms with Crippen molar-refractivity contribution in [3.63, 3.8) is 0 Å². The van der Waals surface area contributed by atoms with E-state index in [0.29, 0.717) is 23.1 Å². The molecule has 1 atom stereocenters. The van der Waals surface area contributed by atoms with E-state index >= 15 is 0 Å². The van der Waals surface area contributed by atoms with Crippen LogP contribution in [0.1, 0.15) is 36.8 Å². The van der Waals surface area contributed by atoms with E-state index in [-0.39, 0.29) is 17.7 Å². The highest BCUT2D eigenvalue weighted by Crippen LogP contribution is 2.37. The minimum Gasteiger partial charge on any atom is -0.371 e. The first-order chi connectivity index (χ1) is 14.9. The van der Waals surface area contributed by atoms with Crippen molar-refractivity contribution in [3.8, 4) is 11.4 Å². The molecule has 0 aliphatic carbocycles. The van der Waals surface area contributed by atoms with E-state index in [2.05, 4.69) is 32.3 Å². The molecular weight excluding hydrogens is 396 g/mol. The molecule has 0 bridgehead atoms. The van der Waals surface area contributed by atoms with Crippen molar-refractivity contribution in [1.82, 2.24) is 25.1 Å². The molecule has 5 heterocycles. The lowest BCUT2D eigenvalue weighted by atomic mass is 9.83. The van der Waals surface area contributed by atoms with Crippen LogP contribution in [0, 0.1) is 19.8 Å². The van der Waals surface area contributed by atoms with Gasteiger partial charge in [0.15, 0.2) is 0 Å². The van der Waals surface area contributed by atoms with Gasteiger partial charge in [0.2, 0.25) is 0 Å². The molecule has 0 radical (unpaired) electrons. The Morgan fingerprint density at radius 3 is 2.74 bits per heavy atom. The predicted octanol–water partition coefficient (Wildman–Crippen LogP) is 2.36. The SMILES string of the molecule is Cc1ccc(-c2noc(C)c2Cn2ncc(N3CC4(CC[C@H](C)CO4)C3)cc2=O)nn1. The second-order valence-corrected chi connectivity index (χ2v) is 8.83. The van der Waals surface area contributed by atoms with Crippen LogP contribution in [0.25, 0.3) is 11.4 Å². The Kier molecular flexibility index (Phi) is 4.85. The van der Waals surface area contributed by atoms with Gasteiger partial charge in [0.25, 0.3) is 5.56 Å². The van der Waals surface area contributed by atoms with Gasteiger partial charge in [0.05, 0.1) is 30.7 Å². The fourth-order valence-electron chi connectivity index (χ4n) is 4.23. The van der Waals surface area contributed by atoms with Gasteiger partial charge in [-0.3, -0.25) is 4.79 Å². The molecule has 9 heteroatoms. The minimum absolute atomic E-state index is 0.0507. The zero-order valence-electron chi connectivity index (χ0n) is 18.0. The van der Waals surface area contributed by atoms with Gasteiger partial charge < -0.3 is 14.2 Å². The lowest BCUT2D eigenvalue weighted by Crippen LogP contribution is -2.65. The zero-order chi connectivity index (χ0) is 21.6. The molecule has 162 valence electrons. The summed E-state index contributed by atoms with van der Waals surface area (Å²) in [5, 5.41) is 16.8. The van der Waals surface area contributed by atoms with Gasteiger partial charge in [0.1, 0.15) is 22.7 Å². The maximum Gasteiger partial charge on any atom is 0.269 e. The first kappa shape index (κ1) is 19.9. The first-order valence-electron chi connectivity index (χ1n) is 10.6. The van der Waals surface area contributed by atoms with Crippen LogP contribution in [0.3, 0.4) is 0 Å². The van der Waals surface area contributed by atoms with Gasteiger partial charge in [0, 0.05) is 24.7 Å². The lowest BCUT2D eigenvalue weighted by Gasteiger charge is -2.53. The molecule has 5 rings (SSSR count). The fraction of sp³-hybridized carbons (Fsp3) is 0.500. The standard InChI is InChI=1S/C22H26N6O3/c1-14-6-7-22(30-11-14)12-27(13-22)17-8-20(29)28(23-9-17)10-18-16(3)31-26-21(18)19-5-4-15(2)24-25-19/h4-5,8-9,14H,6-7,10-13H2,1-3H3/t14-/m0/s1. The normalized spacial score (nSPS) is 20.1. The van der Waals surface area contributed by atoms with E-state index in [1.165, 1.54) is 11.1 Å². The molecule has 31 heavy (non-hydrogen) atoms. The van der Waals surface area contributed by atoms with Gasteiger partial charge in [-0.1, -0.05) is 12.1 Å². The lowest BCUT2D eigenvalue weighted by molar-refractivity contribution is -0.113. The molecule has 2 saturated heterocycles. The maximum absolute atomic E-state index is 12.8. The van der Waals surface area contributed by atoms with Crippen molar-refractivity contribution in [2.75, 3.05) is 24.6 Å². The Bertz CT molecular complexity index is 1140. The van der Waals surface area contributed by atoms with Crippen molar-refractivity contribution >= 4 is 5.69 Å². The summed E-state index contributed by atoms with van der Waals surface area (Å²) < 4.78 is 12.9. The topological polar surface area (TPSA) is 99.2 Å². The van der Waals surface area contributed by atoms with Crippen molar-refractivity contribution in [2.24, 2.45) is 5.92 Å². The average molecular weight is 422 g/mol. The highest BCUT2D eigenvalue weighted by Gasteiger charge is 2.46. The summed E-state index contributed by atoms with van der Waals surface area (Å²) in [6.45, 7) is 8.61. The molecule has 1 spiro atoms. The van der Waals surface area contributed by atoms with Crippen LogP contribution in [0.2, 0.25) is 0 Å². The average Bonchev–Trinajstić information content (AvgIpc) is 3.09. The maximum atomic E-state index is 12.8. The fourth-order valence-corrected chi connectivity index (χ4v) is 4.23. The van der Waals surface area contributed by atoms with Crippen LogP contribution >= 0.6 is 0 Å². The van der Waals surface area contributed by atoms with Gasteiger partial charge in [-0.25, -0.2) is 4.68 Å². The third kappa shape index (κ3) is 3.74. The summed E-state index contributed by atoms with van der Waals surface area (Å²) >= 11 is 0. The van der Waals surface area contributed by atoms with E-state index in [1.54, 1.807) is 12.3 Å². The number of hydrogen-bond donors (Lipinski definition) is 0. The summed E-state index contributed by atoms with van der Waals surface area (Å²) in [5.74, 6) is 1.26. The molecule has 2 fully saturated rings. The Morgan fingerprint density at radius 1 is 1.23 bits per heavy atom. The van der Waals surface area contributed by atoms with Crippen LogP contribution < -0.4 is 10.5 Å². The number of hydrogen-bond acceptors (Lipinski definition) is 8. The third-order valence-corrected chi connectivity index (χ3v) is 6.28. The van der Waals surface area contributed by atoms with Crippen LogP contribution in [-0.2, 0) is 11.3 Å². The largest absolute Gasteiger partial charge is 0.371 e. The Morgan fingerprint density at radius 2 is 2.06 bits per heavy atom. The molecule has 2 aliphatic rings. The summed E-state index contributed by atoms with van der Waals surface area (Å²) in [5.41, 5.74) is 3.39. The monoisotopic (exact) mass is 422 g/mol. The summed E-state index contributed by atoms with van der Waals surface area (Å²) in [6.07, 6.45) is 4.01. The molecule has 3 aromatic rings. The van der Waals surface area contributed by atoms with E-state index in [4.69, 9.17) is 9.26 Å². The van der Waals surface area contributed by atoms with Crippen LogP contribution in [0.5, 0.6) is 0 Å². The Balaban J connectivity index is 1.33. The molecule has 0 amide bonds. The molecule has 3 aromatic heterocycles. The van der Waals surface area contributed by atoms with Crippen LogP contribution in [0.4, 0.5) is 5.69 Å². The second kappa shape index (κ2) is 7.56. The van der Waals surface area contributed by atoms with Crippen molar-refractivity contribution in [1.29, 1.82) is 0 Å². The molecule has 0 unspecified atom stereocenters. The number of anilines is 1. The highest BCUT2D eigenvalue weighted by molar-refractivity contribution is 5.58. The molecule has 2 aliphatic heterocycles. The van der Waals surface area contributed by atoms with Crippen LogP contribution in [-0.4, -0.2) is 50.4 Å². The molecule has 0 N–H and O–H groups in total. The first-order valence-corrected chi connectivity index (χ1v) is 10.6. The zero-order valence-corrected chi connectivity index (χ0v) is 18.0. The van der Waals surface area contributed by atoms with Crippen molar-refractivity contribution in [2.45, 2.75) is 45.8 Å². The quantitative estimate of drug-likeness (QED) is 0.632. The van der Waals surface area contributed by atoms with Gasteiger partial charge in [-0.15, -0.1) is 5.10 Å². The van der Waals surface area contributed by atoms with E-state index in [1.807, 2.05) is 26.0 Å². The molecule has 0 aromatic carbocycles. The number of aromatic nitrogens is 5. The predicted molar refractivity (Wildman–Crippen MR) is 114 cm³/mol. The van der Waals surface area contributed by atoms with Crippen molar-refractivity contribution in [3.05, 3.63) is 51.8 Å². The summed E-state index contributed by atoms with van der Waals surface area (Å²) in [4.78, 5) is 14.9. The number of rotatable bonds is 4. The van der Waals surface area contributed by atoms with Gasteiger partial charge >= 0.3 is 0 Å². The van der Waals surface area contributed by atoms with Crippen LogP contribution in [0.15, 0.2) is 33.7 Å². The third-order valence-electron chi connectivity index (χ3n) is 6.28. The number of aryl methyl sites for hydroxylation is 2. The molecule has 0 saturated carbocycles. The molecule has 9 nitrogen and oxygen atoms in total. The summed E-state index contributed by atoms with van der Waals surface area (Å²) in [7, 11) is 0. The van der Waals surface area contributed by atoms with E-state index in [9.17, 15) is 4.79 Å². The van der Waals surface area contributed by atoms with Gasteiger partial charge in [-0.05, 0) is 44.7 Å². The Hall–Kier alpha value is -3.07. The summed E-state index contributed by atoms with van der Waals surface area (Å²) in [6, 6.07) is 5.35. The van der Waals surface area contributed by atoms with Crippen molar-refractivity contribution < 1.29 is 9.26 Å². The van der Waals surface area contributed by atoms with E-state index in [0.717, 1.165) is 43.1 Å². The Labute approximate surface area is 180 Å². The number of nitrogens with zero attached hydrogens (tertiary/aromatic N) is 6. The minimum atomic E-state index is -0.168. The van der Waals surface area contributed by atoms with Gasteiger partial charge in [-0.2, -0.15) is 10.2 Å².